The first-order chi connectivity index (χ1) is 10.2. The van der Waals surface area contributed by atoms with Crippen molar-refractivity contribution < 1.29 is 4.79 Å². The topological polar surface area (TPSA) is 52.9 Å². The summed E-state index contributed by atoms with van der Waals surface area (Å²) in [5, 5.41) is 11.8. The first kappa shape index (κ1) is 15.6. The van der Waals surface area contributed by atoms with Gasteiger partial charge >= 0.3 is 0 Å². The molecule has 2 rings (SSSR count). The van der Waals surface area contributed by atoms with Crippen molar-refractivity contribution in [2.45, 2.75) is 45.4 Å². The van der Waals surface area contributed by atoms with Crippen molar-refractivity contribution in [2.24, 2.45) is 11.8 Å². The van der Waals surface area contributed by atoms with Gasteiger partial charge in [-0.2, -0.15) is 5.26 Å². The van der Waals surface area contributed by atoms with Crippen molar-refractivity contribution in [2.75, 3.05) is 6.54 Å². The smallest absolute Gasteiger partial charge is 0.224 e. The lowest BCUT2D eigenvalue weighted by Gasteiger charge is -2.26. The summed E-state index contributed by atoms with van der Waals surface area (Å²) >= 11 is 0. The van der Waals surface area contributed by atoms with Crippen LogP contribution in [0.25, 0.3) is 0 Å². The monoisotopic (exact) mass is 284 g/mol. The molecule has 1 aromatic carbocycles. The predicted octanol–water partition coefficient (Wildman–Crippen LogP) is 3.43. The first-order valence-electron chi connectivity index (χ1n) is 7.93. The summed E-state index contributed by atoms with van der Waals surface area (Å²) in [5.41, 5.74) is 1.59. The molecule has 1 N–H and O–H groups in total. The highest BCUT2D eigenvalue weighted by Crippen LogP contribution is 2.30. The van der Waals surface area contributed by atoms with Gasteiger partial charge in [0.15, 0.2) is 0 Å². The number of nitrogens with zero attached hydrogens (tertiary/aromatic N) is 1. The van der Waals surface area contributed by atoms with Crippen molar-refractivity contribution in [3.05, 3.63) is 35.4 Å². The number of nitrogens with one attached hydrogen (secondary N) is 1. The van der Waals surface area contributed by atoms with Gasteiger partial charge in [0.25, 0.3) is 0 Å². The highest BCUT2D eigenvalue weighted by atomic mass is 16.1. The molecule has 2 atom stereocenters. The van der Waals surface area contributed by atoms with Crippen LogP contribution < -0.4 is 5.32 Å². The van der Waals surface area contributed by atoms with Crippen LogP contribution in [0.1, 0.15) is 50.2 Å². The van der Waals surface area contributed by atoms with Gasteiger partial charge in [-0.25, -0.2) is 0 Å². The molecule has 1 aliphatic carbocycles. The SMILES string of the molecule is CC1CCCC(CCNC(=O)Cc2ccc(C#N)cc2)C1. The fourth-order valence-corrected chi connectivity index (χ4v) is 3.18. The minimum absolute atomic E-state index is 0.0727. The Morgan fingerprint density at radius 2 is 2.10 bits per heavy atom. The molecule has 1 aromatic rings. The van der Waals surface area contributed by atoms with Crippen LogP contribution in [0.4, 0.5) is 0 Å². The van der Waals surface area contributed by atoms with E-state index in [0.717, 1.165) is 30.4 Å². The quantitative estimate of drug-likeness (QED) is 0.900. The van der Waals surface area contributed by atoms with Gasteiger partial charge in [-0.3, -0.25) is 4.79 Å². The lowest BCUT2D eigenvalue weighted by molar-refractivity contribution is -0.120. The molecular weight excluding hydrogens is 260 g/mol. The van der Waals surface area contributed by atoms with E-state index >= 15 is 0 Å². The Balaban J connectivity index is 1.68. The number of benzene rings is 1. The van der Waals surface area contributed by atoms with Gasteiger partial charge in [-0.15, -0.1) is 0 Å². The maximum atomic E-state index is 11.9. The Morgan fingerprint density at radius 1 is 1.33 bits per heavy atom. The zero-order valence-corrected chi connectivity index (χ0v) is 12.8. The molecule has 3 nitrogen and oxygen atoms in total. The van der Waals surface area contributed by atoms with E-state index in [1.807, 2.05) is 12.1 Å². The average molecular weight is 284 g/mol. The molecule has 21 heavy (non-hydrogen) atoms. The van der Waals surface area contributed by atoms with Crippen LogP contribution >= 0.6 is 0 Å². The van der Waals surface area contributed by atoms with Crippen molar-refractivity contribution in [3.63, 3.8) is 0 Å². The summed E-state index contributed by atoms with van der Waals surface area (Å²) in [6.07, 6.45) is 6.82. The Labute approximate surface area is 127 Å². The summed E-state index contributed by atoms with van der Waals surface area (Å²) in [7, 11) is 0. The molecule has 112 valence electrons. The molecule has 0 saturated heterocycles. The third kappa shape index (κ3) is 5.23. The Kier molecular flexibility index (Phi) is 5.80. The second-order valence-corrected chi connectivity index (χ2v) is 6.26. The zero-order chi connectivity index (χ0) is 15.1. The lowest BCUT2D eigenvalue weighted by Crippen LogP contribution is -2.28. The minimum atomic E-state index is 0.0727. The highest BCUT2D eigenvalue weighted by Gasteiger charge is 2.18. The van der Waals surface area contributed by atoms with Crippen LogP contribution in [0.5, 0.6) is 0 Å². The Bertz CT molecular complexity index is 501. The molecule has 3 heteroatoms. The highest BCUT2D eigenvalue weighted by molar-refractivity contribution is 5.78. The number of carbonyl (C=O) groups is 1. The molecule has 0 heterocycles. The van der Waals surface area contributed by atoms with Gasteiger partial charge in [-0.1, -0.05) is 38.3 Å². The molecule has 0 radical (unpaired) electrons. The van der Waals surface area contributed by atoms with E-state index in [1.165, 1.54) is 25.7 Å². The van der Waals surface area contributed by atoms with Gasteiger partial charge in [-0.05, 0) is 42.4 Å². The maximum absolute atomic E-state index is 11.9. The summed E-state index contributed by atoms with van der Waals surface area (Å²) in [6.45, 7) is 3.11. The molecule has 1 aliphatic rings. The summed E-state index contributed by atoms with van der Waals surface area (Å²) in [6, 6.07) is 9.29. The Morgan fingerprint density at radius 3 is 2.76 bits per heavy atom. The number of rotatable bonds is 5. The number of hydrogen-bond acceptors (Lipinski definition) is 2. The molecule has 0 spiro atoms. The van der Waals surface area contributed by atoms with E-state index in [2.05, 4.69) is 18.3 Å². The largest absolute Gasteiger partial charge is 0.356 e. The number of nitriles is 1. The fourth-order valence-electron chi connectivity index (χ4n) is 3.18. The lowest BCUT2D eigenvalue weighted by atomic mass is 9.81. The Hall–Kier alpha value is -1.82. The maximum Gasteiger partial charge on any atom is 0.224 e. The minimum Gasteiger partial charge on any atom is -0.356 e. The fraction of sp³-hybridized carbons (Fsp3) is 0.556. The molecule has 1 fully saturated rings. The van der Waals surface area contributed by atoms with Gasteiger partial charge < -0.3 is 5.32 Å². The van der Waals surface area contributed by atoms with Crippen molar-refractivity contribution in [1.82, 2.24) is 5.32 Å². The summed E-state index contributed by atoms with van der Waals surface area (Å²) < 4.78 is 0. The van der Waals surface area contributed by atoms with Crippen molar-refractivity contribution >= 4 is 5.91 Å². The van der Waals surface area contributed by atoms with Crippen LogP contribution in [0, 0.1) is 23.2 Å². The molecular formula is C18H24N2O. The average Bonchev–Trinajstić information content (AvgIpc) is 2.48. The van der Waals surface area contributed by atoms with E-state index in [-0.39, 0.29) is 5.91 Å². The van der Waals surface area contributed by atoms with Gasteiger partial charge in [0, 0.05) is 6.54 Å². The third-order valence-corrected chi connectivity index (χ3v) is 4.37. The molecule has 2 unspecified atom stereocenters. The summed E-state index contributed by atoms with van der Waals surface area (Å²) in [4.78, 5) is 11.9. The molecule has 0 bridgehead atoms. The van der Waals surface area contributed by atoms with E-state index in [9.17, 15) is 4.79 Å². The van der Waals surface area contributed by atoms with Crippen LogP contribution in [-0.2, 0) is 11.2 Å². The molecule has 1 saturated carbocycles. The predicted molar refractivity (Wildman–Crippen MR) is 83.6 cm³/mol. The molecule has 0 aromatic heterocycles. The van der Waals surface area contributed by atoms with Crippen LogP contribution in [0.15, 0.2) is 24.3 Å². The van der Waals surface area contributed by atoms with E-state index in [4.69, 9.17) is 5.26 Å². The van der Waals surface area contributed by atoms with Crippen LogP contribution in [0.2, 0.25) is 0 Å². The number of carbonyl (C=O) groups excluding carboxylic acids is 1. The zero-order valence-electron chi connectivity index (χ0n) is 12.8. The number of hydrogen-bond donors (Lipinski definition) is 1. The van der Waals surface area contributed by atoms with Gasteiger partial charge in [0.1, 0.15) is 0 Å². The van der Waals surface area contributed by atoms with E-state index in [1.54, 1.807) is 12.1 Å². The first-order valence-corrected chi connectivity index (χ1v) is 7.93. The second kappa shape index (κ2) is 7.83. The van der Waals surface area contributed by atoms with E-state index < -0.39 is 0 Å². The summed E-state index contributed by atoms with van der Waals surface area (Å²) in [5.74, 6) is 1.70. The third-order valence-electron chi connectivity index (χ3n) is 4.37. The second-order valence-electron chi connectivity index (χ2n) is 6.26. The van der Waals surface area contributed by atoms with Gasteiger partial charge in [0.2, 0.25) is 5.91 Å². The standard InChI is InChI=1S/C18H24N2O/c1-14-3-2-4-15(11-14)9-10-20-18(21)12-16-5-7-17(13-19)8-6-16/h5-8,14-15H,2-4,9-12H2,1H3,(H,20,21). The van der Waals surface area contributed by atoms with Crippen molar-refractivity contribution in [1.29, 1.82) is 5.26 Å². The normalized spacial score (nSPS) is 21.5. The molecule has 1 amide bonds. The van der Waals surface area contributed by atoms with E-state index in [0.29, 0.717) is 12.0 Å². The number of amides is 1. The van der Waals surface area contributed by atoms with Crippen LogP contribution in [-0.4, -0.2) is 12.5 Å². The van der Waals surface area contributed by atoms with Gasteiger partial charge in [0.05, 0.1) is 18.1 Å². The van der Waals surface area contributed by atoms with Crippen molar-refractivity contribution in [3.8, 4) is 6.07 Å². The molecule has 0 aliphatic heterocycles. The van der Waals surface area contributed by atoms with Crippen LogP contribution in [0.3, 0.4) is 0 Å².